The highest BCUT2D eigenvalue weighted by Gasteiger charge is 2.08. The molecule has 1 rings (SSSR count). The molecule has 14 heavy (non-hydrogen) atoms. The number of hydrogen-bond donors (Lipinski definition) is 3. The standard InChI is InChI=1S/C7H10ClN3O2S/c1-4(13)10-7-11-5(8)6(14-7)9-2-3-12/h9,12H,2-3H2,1H3,(H,10,11,13). The molecule has 1 amide bonds. The number of hydrogen-bond acceptors (Lipinski definition) is 5. The van der Waals surface area contributed by atoms with Gasteiger partial charge in [0.25, 0.3) is 0 Å². The minimum atomic E-state index is -0.191. The maximum Gasteiger partial charge on any atom is 0.223 e. The monoisotopic (exact) mass is 235 g/mol. The van der Waals surface area contributed by atoms with Crippen molar-refractivity contribution >= 4 is 39.0 Å². The predicted octanol–water partition coefficient (Wildman–Crippen LogP) is 1.16. The molecule has 0 aliphatic carbocycles. The number of aliphatic hydroxyl groups excluding tert-OH is 1. The molecule has 78 valence electrons. The number of thiazole rings is 1. The van der Waals surface area contributed by atoms with E-state index in [0.717, 1.165) is 0 Å². The largest absolute Gasteiger partial charge is 0.395 e. The fourth-order valence-corrected chi connectivity index (χ4v) is 1.93. The van der Waals surface area contributed by atoms with Gasteiger partial charge in [-0.15, -0.1) is 0 Å². The van der Waals surface area contributed by atoms with Gasteiger partial charge in [-0.3, -0.25) is 4.79 Å². The molecule has 7 heteroatoms. The highest BCUT2D eigenvalue weighted by atomic mass is 35.5. The van der Waals surface area contributed by atoms with Crippen LogP contribution in [0.2, 0.25) is 5.15 Å². The molecule has 1 aromatic heterocycles. The Morgan fingerprint density at radius 3 is 3.00 bits per heavy atom. The van der Waals surface area contributed by atoms with Crippen molar-refractivity contribution in [3.63, 3.8) is 0 Å². The molecule has 0 saturated carbocycles. The van der Waals surface area contributed by atoms with Crippen LogP contribution in [-0.4, -0.2) is 29.1 Å². The number of aromatic nitrogens is 1. The van der Waals surface area contributed by atoms with Crippen LogP contribution in [0.5, 0.6) is 0 Å². The van der Waals surface area contributed by atoms with Gasteiger partial charge in [0, 0.05) is 13.5 Å². The van der Waals surface area contributed by atoms with E-state index < -0.39 is 0 Å². The van der Waals surface area contributed by atoms with Crippen LogP contribution in [-0.2, 0) is 4.79 Å². The van der Waals surface area contributed by atoms with Crippen molar-refractivity contribution in [3.8, 4) is 0 Å². The van der Waals surface area contributed by atoms with Gasteiger partial charge in [0.1, 0.15) is 5.00 Å². The van der Waals surface area contributed by atoms with E-state index in [1.54, 1.807) is 0 Å². The van der Waals surface area contributed by atoms with Crippen LogP contribution >= 0.6 is 22.9 Å². The third kappa shape index (κ3) is 3.13. The van der Waals surface area contributed by atoms with Crippen molar-refractivity contribution in [2.45, 2.75) is 6.92 Å². The summed E-state index contributed by atoms with van der Waals surface area (Å²) >= 11 is 7.00. The Morgan fingerprint density at radius 2 is 2.43 bits per heavy atom. The molecule has 0 saturated heterocycles. The zero-order valence-corrected chi connectivity index (χ0v) is 9.08. The summed E-state index contributed by atoms with van der Waals surface area (Å²) < 4.78 is 0. The van der Waals surface area contributed by atoms with Crippen LogP contribution in [0.3, 0.4) is 0 Å². The number of rotatable bonds is 4. The summed E-state index contributed by atoms with van der Waals surface area (Å²) in [6.45, 7) is 1.82. The average Bonchev–Trinajstić information content (AvgIpc) is 2.41. The fourth-order valence-electron chi connectivity index (χ4n) is 0.784. The van der Waals surface area contributed by atoms with Crippen molar-refractivity contribution < 1.29 is 9.90 Å². The van der Waals surface area contributed by atoms with Gasteiger partial charge in [0.05, 0.1) is 6.61 Å². The first-order valence-electron chi connectivity index (χ1n) is 3.92. The van der Waals surface area contributed by atoms with Crippen LogP contribution in [0.25, 0.3) is 0 Å². The molecule has 3 N–H and O–H groups in total. The molecule has 0 aliphatic heterocycles. The van der Waals surface area contributed by atoms with Crippen LogP contribution in [0.15, 0.2) is 0 Å². The van der Waals surface area contributed by atoms with Gasteiger partial charge in [-0.2, -0.15) is 0 Å². The molecule has 5 nitrogen and oxygen atoms in total. The molecule has 0 radical (unpaired) electrons. The topological polar surface area (TPSA) is 74.2 Å². The number of nitrogens with one attached hydrogen (secondary N) is 2. The fraction of sp³-hybridized carbons (Fsp3) is 0.429. The van der Waals surface area contributed by atoms with E-state index in [0.29, 0.717) is 21.8 Å². The summed E-state index contributed by atoms with van der Waals surface area (Å²) in [4.78, 5) is 14.6. The van der Waals surface area contributed by atoms with E-state index in [1.165, 1.54) is 18.3 Å². The van der Waals surface area contributed by atoms with Gasteiger partial charge >= 0.3 is 0 Å². The molecule has 0 fully saturated rings. The Kier molecular flexibility index (Phi) is 4.12. The molecule has 1 aromatic rings. The Morgan fingerprint density at radius 1 is 1.71 bits per heavy atom. The highest BCUT2D eigenvalue weighted by Crippen LogP contribution is 2.31. The first-order chi connectivity index (χ1) is 6.63. The molecule has 0 bridgehead atoms. The van der Waals surface area contributed by atoms with Crippen LogP contribution in [0, 0.1) is 0 Å². The summed E-state index contributed by atoms with van der Waals surface area (Å²) in [6, 6.07) is 0. The number of aliphatic hydroxyl groups is 1. The number of anilines is 2. The minimum absolute atomic E-state index is 0.0176. The summed E-state index contributed by atoms with van der Waals surface area (Å²) in [5, 5.41) is 15.4. The quantitative estimate of drug-likeness (QED) is 0.732. The van der Waals surface area contributed by atoms with Crippen LogP contribution in [0.4, 0.5) is 10.1 Å². The number of carbonyl (C=O) groups excluding carboxylic acids is 1. The van der Waals surface area contributed by atoms with Gasteiger partial charge in [0.15, 0.2) is 10.3 Å². The predicted molar refractivity (Wildman–Crippen MR) is 57.0 cm³/mol. The van der Waals surface area contributed by atoms with Crippen molar-refractivity contribution in [1.29, 1.82) is 0 Å². The lowest BCUT2D eigenvalue weighted by Crippen LogP contribution is -2.04. The first kappa shape index (κ1) is 11.2. The Balaban J connectivity index is 2.66. The summed E-state index contributed by atoms with van der Waals surface area (Å²) in [6.07, 6.45) is 0. The maximum absolute atomic E-state index is 10.7. The normalized spacial score (nSPS) is 9.93. The van der Waals surface area contributed by atoms with E-state index in [4.69, 9.17) is 16.7 Å². The SMILES string of the molecule is CC(=O)Nc1nc(Cl)c(NCCO)s1. The van der Waals surface area contributed by atoms with Gasteiger partial charge < -0.3 is 15.7 Å². The second-order valence-electron chi connectivity index (χ2n) is 2.47. The van der Waals surface area contributed by atoms with Gasteiger partial charge in [0.2, 0.25) is 5.91 Å². The number of nitrogens with zero attached hydrogens (tertiary/aromatic N) is 1. The third-order valence-electron chi connectivity index (χ3n) is 1.27. The summed E-state index contributed by atoms with van der Waals surface area (Å²) in [5.41, 5.74) is 0. The second-order valence-corrected chi connectivity index (χ2v) is 3.83. The van der Waals surface area contributed by atoms with E-state index in [1.807, 2.05) is 0 Å². The van der Waals surface area contributed by atoms with Gasteiger partial charge in [-0.25, -0.2) is 4.98 Å². The maximum atomic E-state index is 10.7. The second kappa shape index (κ2) is 5.14. The van der Waals surface area contributed by atoms with Crippen molar-refractivity contribution in [1.82, 2.24) is 4.98 Å². The Bertz CT molecular complexity index is 329. The Hall–Kier alpha value is -0.850. The molecule has 0 spiro atoms. The molecular formula is C7H10ClN3O2S. The average molecular weight is 236 g/mol. The highest BCUT2D eigenvalue weighted by molar-refractivity contribution is 7.20. The van der Waals surface area contributed by atoms with E-state index >= 15 is 0 Å². The molecule has 0 aromatic carbocycles. The molecule has 0 aliphatic rings. The third-order valence-corrected chi connectivity index (χ3v) is 2.58. The minimum Gasteiger partial charge on any atom is -0.395 e. The summed E-state index contributed by atoms with van der Waals surface area (Å²) in [5.74, 6) is -0.191. The zero-order chi connectivity index (χ0) is 10.6. The summed E-state index contributed by atoms with van der Waals surface area (Å²) in [7, 11) is 0. The van der Waals surface area contributed by atoms with E-state index in [9.17, 15) is 4.79 Å². The molecular weight excluding hydrogens is 226 g/mol. The Labute approximate surface area is 90.1 Å². The van der Waals surface area contributed by atoms with Gasteiger partial charge in [-0.1, -0.05) is 22.9 Å². The smallest absolute Gasteiger partial charge is 0.223 e. The van der Waals surface area contributed by atoms with Crippen LogP contribution in [0.1, 0.15) is 6.92 Å². The lowest BCUT2D eigenvalue weighted by atomic mass is 10.6. The lowest BCUT2D eigenvalue weighted by molar-refractivity contribution is -0.114. The molecule has 1 heterocycles. The van der Waals surface area contributed by atoms with E-state index in [-0.39, 0.29) is 12.5 Å². The number of halogens is 1. The van der Waals surface area contributed by atoms with Crippen molar-refractivity contribution in [2.24, 2.45) is 0 Å². The zero-order valence-electron chi connectivity index (χ0n) is 7.50. The first-order valence-corrected chi connectivity index (χ1v) is 5.11. The lowest BCUT2D eigenvalue weighted by Gasteiger charge is -1.98. The van der Waals surface area contributed by atoms with Crippen LogP contribution < -0.4 is 10.6 Å². The van der Waals surface area contributed by atoms with E-state index in [2.05, 4.69) is 15.6 Å². The van der Waals surface area contributed by atoms with Gasteiger partial charge in [-0.05, 0) is 0 Å². The molecule has 0 unspecified atom stereocenters. The molecule has 0 atom stereocenters. The van der Waals surface area contributed by atoms with Crippen molar-refractivity contribution in [2.75, 3.05) is 23.8 Å². The number of amides is 1. The van der Waals surface area contributed by atoms with Crippen molar-refractivity contribution in [3.05, 3.63) is 5.15 Å². The number of carbonyl (C=O) groups is 1.